The summed E-state index contributed by atoms with van der Waals surface area (Å²) in [6.07, 6.45) is 1.94. The van der Waals surface area contributed by atoms with E-state index < -0.39 is 8.25 Å². The van der Waals surface area contributed by atoms with Crippen molar-refractivity contribution in [1.29, 1.82) is 0 Å². The average molecular weight is 193 g/mol. The van der Waals surface area contributed by atoms with Crippen LogP contribution in [0, 0.1) is 0 Å². The molecule has 70 valence electrons. The van der Waals surface area contributed by atoms with Crippen LogP contribution in [0.2, 0.25) is 0 Å². The van der Waals surface area contributed by atoms with E-state index in [4.69, 9.17) is 9.15 Å². The number of hydroxylamine groups is 1. The molecule has 2 unspecified atom stereocenters. The van der Waals surface area contributed by atoms with Crippen molar-refractivity contribution in [2.75, 3.05) is 13.2 Å². The van der Waals surface area contributed by atoms with E-state index in [1.165, 1.54) is 0 Å². The van der Waals surface area contributed by atoms with E-state index in [9.17, 15) is 4.57 Å². The second-order valence-corrected chi connectivity index (χ2v) is 3.54. The highest BCUT2D eigenvalue weighted by atomic mass is 31.1. The van der Waals surface area contributed by atoms with Gasteiger partial charge in [-0.2, -0.15) is 0 Å². The van der Waals surface area contributed by atoms with Gasteiger partial charge in [0, 0.05) is 4.57 Å². The maximum Gasteiger partial charge on any atom is 0.716 e. The third kappa shape index (κ3) is 4.09. The third-order valence-electron chi connectivity index (χ3n) is 1.52. The predicted octanol–water partition coefficient (Wildman–Crippen LogP) is 0.911. The Hall–Kier alpha value is -0.0600. The second kappa shape index (κ2) is 5.56. The number of nitrogens with one attached hydrogen (secondary N) is 2. The van der Waals surface area contributed by atoms with Crippen LogP contribution in [-0.2, 0) is 13.7 Å². The molecule has 0 aromatic rings. The molecular weight excluding hydrogens is 179 g/mol. The lowest BCUT2D eigenvalue weighted by molar-refractivity contribution is 0.114. The van der Waals surface area contributed by atoms with Crippen molar-refractivity contribution in [1.82, 2.24) is 10.8 Å². The molecule has 0 spiro atoms. The van der Waals surface area contributed by atoms with E-state index in [1.807, 2.05) is 6.92 Å². The Bertz CT molecular complexity index is 156. The predicted molar refractivity (Wildman–Crippen MR) is 44.5 cm³/mol. The zero-order chi connectivity index (χ0) is 8.81. The highest BCUT2D eigenvalue weighted by molar-refractivity contribution is 7.33. The van der Waals surface area contributed by atoms with Gasteiger partial charge in [0.25, 0.3) is 0 Å². The van der Waals surface area contributed by atoms with Crippen LogP contribution in [0.25, 0.3) is 0 Å². The zero-order valence-corrected chi connectivity index (χ0v) is 7.97. The molecule has 2 N–H and O–H groups in total. The molecule has 0 aliphatic carbocycles. The van der Waals surface area contributed by atoms with Gasteiger partial charge in [0.15, 0.2) is 0 Å². The molecule has 1 aliphatic rings. The van der Waals surface area contributed by atoms with E-state index in [0.29, 0.717) is 6.61 Å². The lowest BCUT2D eigenvalue weighted by Gasteiger charge is -2.11. The largest absolute Gasteiger partial charge is 0.716 e. The van der Waals surface area contributed by atoms with Gasteiger partial charge in [-0.25, -0.2) is 0 Å². The van der Waals surface area contributed by atoms with Crippen molar-refractivity contribution in [3.05, 3.63) is 0 Å². The highest BCUT2D eigenvalue weighted by Crippen LogP contribution is 2.22. The zero-order valence-electron chi connectivity index (χ0n) is 7.08. The van der Waals surface area contributed by atoms with E-state index in [-0.39, 0.29) is 6.17 Å². The van der Waals surface area contributed by atoms with Crippen molar-refractivity contribution in [2.45, 2.75) is 25.9 Å². The summed E-state index contributed by atoms with van der Waals surface area (Å²) in [6, 6.07) is 0. The number of rotatable bonds is 0. The van der Waals surface area contributed by atoms with Gasteiger partial charge >= 0.3 is 8.25 Å². The van der Waals surface area contributed by atoms with E-state index in [0.717, 1.165) is 19.4 Å². The molecule has 5 nitrogen and oxygen atoms in total. The molecule has 1 fully saturated rings. The normalized spacial score (nSPS) is 31.4. The Balaban J connectivity index is 2.27. The van der Waals surface area contributed by atoms with Crippen LogP contribution < -0.4 is 10.8 Å². The van der Waals surface area contributed by atoms with Crippen LogP contribution in [0.3, 0.4) is 0 Å². The van der Waals surface area contributed by atoms with Gasteiger partial charge in [0.2, 0.25) is 0 Å². The number of hydrogen-bond donors (Lipinski definition) is 2. The van der Waals surface area contributed by atoms with Gasteiger partial charge in [-0.1, -0.05) is 0 Å². The molecule has 6 heteroatoms. The Labute approximate surface area is 72.7 Å². The van der Waals surface area contributed by atoms with Crippen molar-refractivity contribution < 1.29 is 13.7 Å². The van der Waals surface area contributed by atoms with E-state index in [2.05, 4.69) is 10.8 Å². The summed E-state index contributed by atoms with van der Waals surface area (Å²) in [7, 11) is -1.99. The first-order valence-electron chi connectivity index (χ1n) is 4.05. The first kappa shape index (κ1) is 10.0. The Kier molecular flexibility index (Phi) is 4.65. The maximum absolute atomic E-state index is 10.9. The summed E-state index contributed by atoms with van der Waals surface area (Å²) in [4.78, 5) is 0. The minimum absolute atomic E-state index is 0.00523. The van der Waals surface area contributed by atoms with Gasteiger partial charge in [0.05, 0.1) is 6.17 Å². The highest BCUT2D eigenvalue weighted by Gasteiger charge is 2.22. The van der Waals surface area contributed by atoms with Crippen molar-refractivity contribution >= 4 is 8.25 Å². The van der Waals surface area contributed by atoms with Crippen molar-refractivity contribution in [2.24, 2.45) is 0 Å². The van der Waals surface area contributed by atoms with Crippen molar-refractivity contribution in [3.63, 3.8) is 0 Å². The van der Waals surface area contributed by atoms with Gasteiger partial charge in [0.1, 0.15) is 6.61 Å². The summed E-state index contributed by atoms with van der Waals surface area (Å²) in [5, 5.41) is 3.15. The maximum atomic E-state index is 10.9. The van der Waals surface area contributed by atoms with Crippen LogP contribution >= 0.6 is 8.25 Å². The minimum Gasteiger partial charge on any atom is -0.300 e. The van der Waals surface area contributed by atoms with Gasteiger partial charge in [-0.15, -0.1) is 10.0 Å². The molecule has 0 aromatic carbocycles. The number of hydrogen-bond acceptors (Lipinski definition) is 5. The summed E-state index contributed by atoms with van der Waals surface area (Å²) in [5.74, 6) is 0. The molecule has 1 heterocycles. The standard InChI is InChI=1S/C6H14N2O3P/c1-6-7-4-2-3-5-10-12(9)11-8-6/h6-8H,2-5H2,1H3/q+1. The van der Waals surface area contributed by atoms with Crippen molar-refractivity contribution in [3.8, 4) is 0 Å². The van der Waals surface area contributed by atoms with Gasteiger partial charge in [-0.05, 0) is 30.9 Å². The molecule has 2 atom stereocenters. The fourth-order valence-electron chi connectivity index (χ4n) is 0.875. The molecule has 0 aromatic heterocycles. The lowest BCUT2D eigenvalue weighted by atomic mass is 10.3. The summed E-state index contributed by atoms with van der Waals surface area (Å²) in [6.45, 7) is 3.30. The quantitative estimate of drug-likeness (QED) is 0.560. The van der Waals surface area contributed by atoms with Crippen LogP contribution in [-0.4, -0.2) is 19.3 Å². The fourth-order valence-corrected chi connectivity index (χ4v) is 1.45. The molecular formula is C6H14N2O3P+. The summed E-state index contributed by atoms with van der Waals surface area (Å²) in [5.41, 5.74) is 2.58. The summed E-state index contributed by atoms with van der Waals surface area (Å²) < 4.78 is 20.4. The first-order valence-corrected chi connectivity index (χ1v) is 5.14. The Morgan fingerprint density at radius 1 is 1.50 bits per heavy atom. The third-order valence-corrected chi connectivity index (χ3v) is 2.17. The molecule has 0 radical (unpaired) electrons. The Morgan fingerprint density at radius 2 is 2.33 bits per heavy atom. The van der Waals surface area contributed by atoms with Crippen LogP contribution in [0.4, 0.5) is 0 Å². The molecule has 0 bridgehead atoms. The SMILES string of the molecule is CC1NCCCCO[P+](=O)ON1. The molecule has 0 saturated carbocycles. The van der Waals surface area contributed by atoms with E-state index >= 15 is 0 Å². The average Bonchev–Trinajstić information content (AvgIpc) is 2.07. The van der Waals surface area contributed by atoms with E-state index in [1.54, 1.807) is 0 Å². The molecule has 1 aliphatic heterocycles. The topological polar surface area (TPSA) is 59.6 Å². The Morgan fingerprint density at radius 3 is 3.17 bits per heavy atom. The second-order valence-electron chi connectivity index (χ2n) is 2.65. The molecule has 1 rings (SSSR count). The fraction of sp³-hybridized carbons (Fsp3) is 1.00. The van der Waals surface area contributed by atoms with Crippen LogP contribution in [0.15, 0.2) is 0 Å². The van der Waals surface area contributed by atoms with Gasteiger partial charge < -0.3 is 5.32 Å². The van der Waals surface area contributed by atoms with Crippen LogP contribution in [0.1, 0.15) is 19.8 Å². The smallest absolute Gasteiger partial charge is 0.300 e. The summed E-state index contributed by atoms with van der Waals surface area (Å²) >= 11 is 0. The van der Waals surface area contributed by atoms with Crippen LogP contribution in [0.5, 0.6) is 0 Å². The lowest BCUT2D eigenvalue weighted by Crippen LogP contribution is -2.39. The molecule has 1 saturated heterocycles. The molecule has 12 heavy (non-hydrogen) atoms. The van der Waals surface area contributed by atoms with Gasteiger partial charge in [-0.3, -0.25) is 0 Å². The molecule has 0 amide bonds. The first-order chi connectivity index (χ1) is 5.79. The monoisotopic (exact) mass is 193 g/mol. The minimum atomic E-state index is -1.99.